The minimum absolute atomic E-state index is 0.0599. The molecule has 0 unspecified atom stereocenters. The lowest BCUT2D eigenvalue weighted by Crippen LogP contribution is -2.43. The Kier molecular flexibility index (Phi) is 9.92. The molecule has 3 N–H and O–H groups in total. The van der Waals surface area contributed by atoms with Crippen molar-refractivity contribution < 1.29 is 32.6 Å². The number of rotatable bonds is 11. The van der Waals surface area contributed by atoms with E-state index in [9.17, 15) is 27.8 Å². The van der Waals surface area contributed by atoms with E-state index in [-0.39, 0.29) is 30.6 Å². The molecule has 0 bridgehead atoms. The van der Waals surface area contributed by atoms with Crippen molar-refractivity contribution in [2.24, 2.45) is 0 Å². The zero-order valence-corrected chi connectivity index (χ0v) is 22.9. The SMILES string of the molecule is CC(C)c1nc(NCS(C)(=O)=O)nc(-c2ccc(F)cc2)c1C=CCCCC(O)(O)C(=O)OC(C)(C)C. The number of unbranched alkanes of at least 4 members (excludes halogenated alkanes) is 1. The van der Waals surface area contributed by atoms with Crippen molar-refractivity contribution >= 4 is 27.8 Å². The summed E-state index contributed by atoms with van der Waals surface area (Å²) >= 11 is 0. The number of allylic oxidation sites excluding steroid dienone is 1. The van der Waals surface area contributed by atoms with E-state index >= 15 is 0 Å². The minimum atomic E-state index is -3.33. The van der Waals surface area contributed by atoms with E-state index in [4.69, 9.17) is 4.74 Å². The van der Waals surface area contributed by atoms with Gasteiger partial charge in [-0.2, -0.15) is 0 Å². The molecule has 11 heteroatoms. The molecular formula is C26H36FN3O6S. The third-order valence-electron chi connectivity index (χ3n) is 5.04. The second kappa shape index (κ2) is 12.1. The van der Waals surface area contributed by atoms with Crippen LogP contribution in [0, 0.1) is 5.82 Å². The number of nitrogens with one attached hydrogen (secondary N) is 1. The van der Waals surface area contributed by atoms with Crippen LogP contribution >= 0.6 is 0 Å². The van der Waals surface area contributed by atoms with Crippen LogP contribution in [0.4, 0.5) is 10.3 Å². The fourth-order valence-electron chi connectivity index (χ4n) is 3.32. The van der Waals surface area contributed by atoms with Crippen molar-refractivity contribution in [2.45, 2.75) is 71.2 Å². The van der Waals surface area contributed by atoms with E-state index in [1.807, 2.05) is 13.8 Å². The zero-order chi connectivity index (χ0) is 28.0. The Morgan fingerprint density at radius 1 is 1.16 bits per heavy atom. The lowest BCUT2D eigenvalue weighted by molar-refractivity contribution is -0.221. The van der Waals surface area contributed by atoms with Gasteiger partial charge in [0, 0.05) is 23.8 Å². The number of carbonyl (C=O) groups is 1. The molecule has 0 radical (unpaired) electrons. The number of esters is 1. The Balaban J connectivity index is 2.33. The molecule has 9 nitrogen and oxygen atoms in total. The molecule has 1 aromatic carbocycles. The Morgan fingerprint density at radius 2 is 1.78 bits per heavy atom. The lowest BCUT2D eigenvalue weighted by atomic mass is 9.97. The normalized spacial score (nSPS) is 12.8. The summed E-state index contributed by atoms with van der Waals surface area (Å²) in [6, 6.07) is 5.77. The summed E-state index contributed by atoms with van der Waals surface area (Å²) in [5.74, 6) is -4.38. The number of sulfone groups is 1. The van der Waals surface area contributed by atoms with Gasteiger partial charge in [0.25, 0.3) is 5.79 Å². The summed E-state index contributed by atoms with van der Waals surface area (Å²) in [5, 5.41) is 22.9. The fourth-order valence-corrected chi connectivity index (χ4v) is 3.71. The first kappa shape index (κ1) is 30.3. The van der Waals surface area contributed by atoms with Crippen molar-refractivity contribution in [3.63, 3.8) is 0 Å². The molecule has 0 aliphatic heterocycles. The summed E-state index contributed by atoms with van der Waals surface area (Å²) in [7, 11) is -3.33. The standard InChI is InChI=1S/C26H36FN3O6S/c1-17(2)21-20(10-8-7-9-15-26(32,33)23(31)36-25(3,4)5)22(18-11-13-19(27)14-12-18)30-24(29-21)28-16-37(6,34)35/h8,10-14,17,32-33H,7,9,15-16H2,1-6H3,(H,28,29,30). The third-order valence-corrected chi connectivity index (χ3v) is 5.71. The number of hydrogen-bond acceptors (Lipinski definition) is 9. The van der Waals surface area contributed by atoms with Crippen molar-refractivity contribution in [3.05, 3.63) is 47.4 Å². The molecule has 1 aromatic heterocycles. The molecule has 0 fully saturated rings. The largest absolute Gasteiger partial charge is 0.456 e. The predicted molar refractivity (Wildman–Crippen MR) is 141 cm³/mol. The van der Waals surface area contributed by atoms with Crippen LogP contribution in [-0.4, -0.2) is 58.1 Å². The van der Waals surface area contributed by atoms with Gasteiger partial charge in [0.1, 0.15) is 17.3 Å². The van der Waals surface area contributed by atoms with Gasteiger partial charge in [0.2, 0.25) is 5.95 Å². The van der Waals surface area contributed by atoms with Crippen molar-refractivity contribution in [1.29, 1.82) is 0 Å². The summed E-state index contributed by atoms with van der Waals surface area (Å²) in [6.07, 6.45) is 5.14. The van der Waals surface area contributed by atoms with E-state index < -0.39 is 33.0 Å². The predicted octanol–water partition coefficient (Wildman–Crippen LogP) is 4.03. The topological polar surface area (TPSA) is 139 Å². The second-order valence-electron chi connectivity index (χ2n) is 10.2. The van der Waals surface area contributed by atoms with Crippen LogP contribution in [0.1, 0.15) is 71.1 Å². The van der Waals surface area contributed by atoms with Gasteiger partial charge in [-0.1, -0.05) is 26.0 Å². The Labute approximate surface area is 217 Å². The maximum atomic E-state index is 13.6. The molecule has 0 aliphatic rings. The number of halogens is 1. The smallest absolute Gasteiger partial charge is 0.366 e. The summed E-state index contributed by atoms with van der Waals surface area (Å²) in [6.45, 7) is 8.78. The van der Waals surface area contributed by atoms with Crippen molar-refractivity contribution in [3.8, 4) is 11.3 Å². The van der Waals surface area contributed by atoms with E-state index in [1.54, 1.807) is 45.1 Å². The minimum Gasteiger partial charge on any atom is -0.456 e. The number of anilines is 1. The van der Waals surface area contributed by atoms with Crippen LogP contribution in [0.5, 0.6) is 0 Å². The number of aromatic nitrogens is 2. The van der Waals surface area contributed by atoms with E-state index in [1.165, 1.54) is 12.1 Å². The lowest BCUT2D eigenvalue weighted by Gasteiger charge is -2.26. The molecule has 204 valence electrons. The first-order valence-electron chi connectivity index (χ1n) is 11.9. The van der Waals surface area contributed by atoms with Crippen molar-refractivity contribution in [2.75, 3.05) is 17.4 Å². The van der Waals surface area contributed by atoms with Crippen LogP contribution in [0.3, 0.4) is 0 Å². The van der Waals surface area contributed by atoms with Crippen LogP contribution in [0.25, 0.3) is 17.3 Å². The average Bonchev–Trinajstić information content (AvgIpc) is 2.76. The van der Waals surface area contributed by atoms with Crippen LogP contribution < -0.4 is 5.32 Å². The maximum Gasteiger partial charge on any atom is 0.366 e. The van der Waals surface area contributed by atoms with Gasteiger partial charge in [-0.25, -0.2) is 27.6 Å². The van der Waals surface area contributed by atoms with Gasteiger partial charge in [0.05, 0.1) is 11.4 Å². The Hall–Kier alpha value is -2.89. The quantitative estimate of drug-likeness (QED) is 0.220. The molecule has 0 saturated heterocycles. The highest BCUT2D eigenvalue weighted by Gasteiger charge is 2.36. The summed E-state index contributed by atoms with van der Waals surface area (Å²) in [5.41, 5.74) is 1.56. The molecule has 0 amide bonds. The van der Waals surface area contributed by atoms with E-state index in [0.717, 1.165) is 6.26 Å². The van der Waals surface area contributed by atoms with Crippen LogP contribution in [0.15, 0.2) is 30.3 Å². The zero-order valence-electron chi connectivity index (χ0n) is 22.1. The molecule has 0 spiro atoms. The van der Waals surface area contributed by atoms with Gasteiger partial charge in [-0.15, -0.1) is 0 Å². The highest BCUT2D eigenvalue weighted by Crippen LogP contribution is 2.31. The highest BCUT2D eigenvalue weighted by molar-refractivity contribution is 7.90. The van der Waals surface area contributed by atoms with Gasteiger partial charge in [0.15, 0.2) is 9.84 Å². The number of aliphatic hydroxyl groups is 2. The number of hydrogen-bond donors (Lipinski definition) is 3. The van der Waals surface area contributed by atoms with Gasteiger partial charge in [-0.3, -0.25) is 0 Å². The first-order chi connectivity index (χ1) is 17.0. The highest BCUT2D eigenvalue weighted by atomic mass is 32.2. The Bertz CT molecular complexity index is 1220. The van der Waals surface area contributed by atoms with Gasteiger partial charge in [-0.05, 0) is 63.8 Å². The third kappa shape index (κ3) is 9.83. The number of carbonyl (C=O) groups excluding carboxylic acids is 1. The number of nitrogens with zero attached hydrogens (tertiary/aromatic N) is 2. The number of benzene rings is 1. The van der Waals surface area contributed by atoms with Gasteiger partial charge < -0.3 is 20.3 Å². The molecule has 2 aromatic rings. The molecule has 37 heavy (non-hydrogen) atoms. The average molecular weight is 538 g/mol. The molecule has 0 aliphatic carbocycles. The van der Waals surface area contributed by atoms with Crippen LogP contribution in [0.2, 0.25) is 0 Å². The maximum absolute atomic E-state index is 13.6. The van der Waals surface area contributed by atoms with E-state index in [0.29, 0.717) is 28.9 Å². The first-order valence-corrected chi connectivity index (χ1v) is 14.0. The Morgan fingerprint density at radius 3 is 2.32 bits per heavy atom. The number of ether oxygens (including phenoxy) is 1. The van der Waals surface area contributed by atoms with Crippen LogP contribution in [-0.2, 0) is 19.4 Å². The second-order valence-corrected chi connectivity index (χ2v) is 12.4. The van der Waals surface area contributed by atoms with Gasteiger partial charge >= 0.3 is 5.97 Å². The molecule has 0 saturated carbocycles. The molecule has 0 atom stereocenters. The monoisotopic (exact) mass is 537 g/mol. The summed E-state index contributed by atoms with van der Waals surface area (Å²) in [4.78, 5) is 21.1. The molecular weight excluding hydrogens is 501 g/mol. The van der Waals surface area contributed by atoms with Crippen molar-refractivity contribution in [1.82, 2.24) is 9.97 Å². The van der Waals surface area contributed by atoms with E-state index in [2.05, 4.69) is 15.3 Å². The molecule has 1 heterocycles. The summed E-state index contributed by atoms with van der Waals surface area (Å²) < 4.78 is 41.9. The molecule has 2 rings (SSSR count). The fraction of sp³-hybridized carbons (Fsp3) is 0.500.